The molecule has 4 rings (SSSR count). The van der Waals surface area contributed by atoms with E-state index in [4.69, 9.17) is 9.84 Å². The second-order valence-electron chi connectivity index (χ2n) is 7.32. The van der Waals surface area contributed by atoms with Crippen LogP contribution < -0.4 is 10.9 Å². The van der Waals surface area contributed by atoms with Crippen LogP contribution >= 0.6 is 11.3 Å². The molecular formula is C18H22N6O4S. The molecule has 0 bridgehead atoms. The van der Waals surface area contributed by atoms with E-state index in [-0.39, 0.29) is 17.7 Å². The summed E-state index contributed by atoms with van der Waals surface area (Å²) in [6.07, 6.45) is 3.33. The molecule has 10 nitrogen and oxygen atoms in total. The molecule has 1 unspecified atom stereocenters. The summed E-state index contributed by atoms with van der Waals surface area (Å²) in [6, 6.07) is 1.17. The lowest BCUT2D eigenvalue weighted by Gasteiger charge is -2.21. The molecule has 0 radical (unpaired) electrons. The molecule has 1 fully saturated rings. The number of fused-ring (bicyclic) bond motifs is 1. The van der Waals surface area contributed by atoms with Gasteiger partial charge in [0.25, 0.3) is 5.56 Å². The van der Waals surface area contributed by atoms with Gasteiger partial charge in [-0.2, -0.15) is 9.90 Å². The third-order valence-corrected chi connectivity index (χ3v) is 5.96. The number of aromatic amines is 1. The molecule has 0 aliphatic carbocycles. The van der Waals surface area contributed by atoms with Crippen LogP contribution in [-0.4, -0.2) is 42.8 Å². The first kappa shape index (κ1) is 19.5. The van der Waals surface area contributed by atoms with Crippen molar-refractivity contribution in [1.29, 1.82) is 0 Å². The average molecular weight is 418 g/mol. The van der Waals surface area contributed by atoms with Crippen molar-refractivity contribution < 1.29 is 14.6 Å². The molecule has 3 aromatic heterocycles. The van der Waals surface area contributed by atoms with Gasteiger partial charge in [0.1, 0.15) is 16.2 Å². The quantitative estimate of drug-likeness (QED) is 0.580. The van der Waals surface area contributed by atoms with Crippen LogP contribution in [0.4, 0.5) is 4.79 Å². The zero-order valence-electron chi connectivity index (χ0n) is 16.1. The van der Waals surface area contributed by atoms with E-state index in [1.165, 1.54) is 11.3 Å². The van der Waals surface area contributed by atoms with Gasteiger partial charge in [-0.3, -0.25) is 4.79 Å². The van der Waals surface area contributed by atoms with E-state index in [0.29, 0.717) is 28.3 Å². The SMILES string of the molecule is CC(C)[C@H](NC(=O)O)c1nc2cc(-c3cnn(C4CCCCO4)n3)sc2c(=O)[nH]1. The van der Waals surface area contributed by atoms with Gasteiger partial charge in [0.2, 0.25) is 0 Å². The molecule has 1 aliphatic heterocycles. The first-order valence-corrected chi connectivity index (χ1v) is 10.3. The zero-order valence-corrected chi connectivity index (χ0v) is 16.9. The maximum Gasteiger partial charge on any atom is 0.405 e. The second-order valence-corrected chi connectivity index (χ2v) is 8.37. The maximum absolute atomic E-state index is 12.6. The number of carboxylic acid groups (broad SMARTS) is 1. The summed E-state index contributed by atoms with van der Waals surface area (Å²) >= 11 is 1.28. The monoisotopic (exact) mass is 418 g/mol. The second kappa shape index (κ2) is 7.91. The summed E-state index contributed by atoms with van der Waals surface area (Å²) in [4.78, 5) is 33.3. The number of carbonyl (C=O) groups is 1. The van der Waals surface area contributed by atoms with Crippen LogP contribution in [0.2, 0.25) is 0 Å². The molecule has 4 heterocycles. The Hall–Kier alpha value is -2.79. The third kappa shape index (κ3) is 4.01. The molecule has 1 saturated heterocycles. The van der Waals surface area contributed by atoms with Crippen molar-refractivity contribution in [3.8, 4) is 10.6 Å². The van der Waals surface area contributed by atoms with Gasteiger partial charge >= 0.3 is 6.09 Å². The number of H-pyrrole nitrogens is 1. The van der Waals surface area contributed by atoms with Crippen LogP contribution in [0, 0.1) is 5.92 Å². The van der Waals surface area contributed by atoms with Crippen molar-refractivity contribution in [2.24, 2.45) is 5.92 Å². The normalized spacial score (nSPS) is 18.2. The van der Waals surface area contributed by atoms with Crippen LogP contribution in [0.3, 0.4) is 0 Å². The summed E-state index contributed by atoms with van der Waals surface area (Å²) in [6.45, 7) is 4.42. The number of ether oxygens (including phenoxy) is 1. The number of aromatic nitrogens is 5. The molecular weight excluding hydrogens is 396 g/mol. The molecule has 11 heteroatoms. The average Bonchev–Trinajstić information content (AvgIpc) is 3.33. The number of nitrogens with one attached hydrogen (secondary N) is 2. The zero-order chi connectivity index (χ0) is 20.5. The Bertz CT molecular complexity index is 1080. The largest absolute Gasteiger partial charge is 0.465 e. The maximum atomic E-state index is 12.6. The van der Waals surface area contributed by atoms with E-state index in [2.05, 4.69) is 25.5 Å². The molecule has 1 aliphatic rings. The van der Waals surface area contributed by atoms with E-state index in [1.54, 1.807) is 17.1 Å². The Morgan fingerprint density at radius 3 is 2.97 bits per heavy atom. The van der Waals surface area contributed by atoms with Gasteiger partial charge in [0.15, 0.2) is 6.23 Å². The van der Waals surface area contributed by atoms with E-state index in [1.807, 2.05) is 13.8 Å². The van der Waals surface area contributed by atoms with Crippen LogP contribution in [0.1, 0.15) is 51.2 Å². The highest BCUT2D eigenvalue weighted by atomic mass is 32.1. The van der Waals surface area contributed by atoms with Crippen LogP contribution in [0.5, 0.6) is 0 Å². The summed E-state index contributed by atoms with van der Waals surface area (Å²) in [5, 5.41) is 20.3. The fourth-order valence-corrected chi connectivity index (χ4v) is 4.29. The van der Waals surface area contributed by atoms with Gasteiger partial charge in [-0.1, -0.05) is 13.8 Å². The third-order valence-electron chi connectivity index (χ3n) is 4.82. The Kier molecular flexibility index (Phi) is 5.33. The summed E-state index contributed by atoms with van der Waals surface area (Å²) in [5.41, 5.74) is 0.847. The van der Waals surface area contributed by atoms with Gasteiger partial charge in [-0.15, -0.1) is 16.4 Å². The number of amides is 1. The molecule has 2 atom stereocenters. The highest BCUT2D eigenvalue weighted by Crippen LogP contribution is 2.31. The minimum Gasteiger partial charge on any atom is -0.465 e. The number of hydrogen-bond donors (Lipinski definition) is 3. The standard InChI is InChI=1S/C18H22N6O4S/c1-9(2)14(21-18(26)27)16-20-10-7-12(29-15(10)17(25)22-16)11-8-19-24(23-11)13-5-3-4-6-28-13/h7-9,13-14,21H,3-6H2,1-2H3,(H,26,27)(H,20,22,25)/t13?,14-/m0/s1. The first-order valence-electron chi connectivity index (χ1n) is 9.49. The smallest absolute Gasteiger partial charge is 0.405 e. The van der Waals surface area contributed by atoms with E-state index in [9.17, 15) is 9.59 Å². The topological polar surface area (TPSA) is 135 Å². The van der Waals surface area contributed by atoms with E-state index < -0.39 is 12.1 Å². The van der Waals surface area contributed by atoms with Crippen molar-refractivity contribution >= 4 is 27.6 Å². The van der Waals surface area contributed by atoms with Gasteiger partial charge in [-0.25, -0.2) is 9.78 Å². The van der Waals surface area contributed by atoms with Crippen molar-refractivity contribution in [1.82, 2.24) is 30.3 Å². The number of nitrogens with zero attached hydrogens (tertiary/aromatic N) is 4. The molecule has 3 N–H and O–H groups in total. The van der Waals surface area contributed by atoms with Gasteiger partial charge in [-0.05, 0) is 31.2 Å². The minimum absolute atomic E-state index is 0.0832. The molecule has 0 saturated carbocycles. The summed E-state index contributed by atoms with van der Waals surface area (Å²) in [7, 11) is 0. The van der Waals surface area contributed by atoms with Gasteiger partial charge < -0.3 is 20.1 Å². The van der Waals surface area contributed by atoms with E-state index in [0.717, 1.165) is 24.1 Å². The lowest BCUT2D eigenvalue weighted by molar-refractivity contribution is -0.0479. The van der Waals surface area contributed by atoms with Crippen molar-refractivity contribution in [3.05, 3.63) is 28.4 Å². The summed E-state index contributed by atoms with van der Waals surface area (Å²) < 4.78 is 6.17. The molecule has 1 amide bonds. The fourth-order valence-electron chi connectivity index (χ4n) is 3.35. The highest BCUT2D eigenvalue weighted by molar-refractivity contribution is 7.22. The van der Waals surface area contributed by atoms with Crippen molar-refractivity contribution in [3.63, 3.8) is 0 Å². The number of rotatable bonds is 5. The van der Waals surface area contributed by atoms with Gasteiger partial charge in [0.05, 0.1) is 22.6 Å². The molecule has 0 aromatic carbocycles. The van der Waals surface area contributed by atoms with Crippen LogP contribution in [0.25, 0.3) is 20.8 Å². The van der Waals surface area contributed by atoms with Gasteiger partial charge in [0, 0.05) is 6.61 Å². The minimum atomic E-state index is -1.17. The highest BCUT2D eigenvalue weighted by Gasteiger charge is 2.23. The molecule has 0 spiro atoms. The Balaban J connectivity index is 1.67. The van der Waals surface area contributed by atoms with E-state index >= 15 is 0 Å². The predicted molar refractivity (Wildman–Crippen MR) is 107 cm³/mol. The molecule has 3 aromatic rings. The first-order chi connectivity index (χ1) is 13.9. The van der Waals surface area contributed by atoms with Crippen molar-refractivity contribution in [2.45, 2.75) is 45.4 Å². The molecule has 29 heavy (non-hydrogen) atoms. The lowest BCUT2D eigenvalue weighted by Crippen LogP contribution is -2.33. The predicted octanol–water partition coefficient (Wildman–Crippen LogP) is 2.91. The molecule has 154 valence electrons. The number of thiophene rings is 1. The Labute approximate surface area is 169 Å². The number of hydrogen-bond acceptors (Lipinski definition) is 7. The van der Waals surface area contributed by atoms with Crippen LogP contribution in [0.15, 0.2) is 17.1 Å². The van der Waals surface area contributed by atoms with Crippen molar-refractivity contribution in [2.75, 3.05) is 6.61 Å². The Morgan fingerprint density at radius 1 is 1.45 bits per heavy atom. The fraction of sp³-hybridized carbons (Fsp3) is 0.500. The Morgan fingerprint density at radius 2 is 2.28 bits per heavy atom. The summed E-state index contributed by atoms with van der Waals surface area (Å²) in [5.74, 6) is 0.212. The van der Waals surface area contributed by atoms with Crippen LogP contribution in [-0.2, 0) is 4.74 Å². The lowest BCUT2D eigenvalue weighted by atomic mass is 10.0.